The fourth-order valence-electron chi connectivity index (χ4n) is 3.38. The molecule has 5 heteroatoms. The molecule has 2 aromatic rings. The lowest BCUT2D eigenvalue weighted by molar-refractivity contribution is -0.163. The number of carbonyl (C=O) groups is 2. The van der Waals surface area contributed by atoms with Gasteiger partial charge in [-0.25, -0.2) is 0 Å². The molecular weight excluding hydrogens is 328 g/mol. The van der Waals surface area contributed by atoms with Gasteiger partial charge in [0.2, 0.25) is 5.91 Å². The first-order chi connectivity index (χ1) is 12.5. The van der Waals surface area contributed by atoms with Crippen molar-refractivity contribution in [1.29, 1.82) is 0 Å². The molecule has 26 heavy (non-hydrogen) atoms. The molecule has 1 saturated heterocycles. The molecule has 0 aliphatic carbocycles. The predicted octanol–water partition coefficient (Wildman–Crippen LogP) is 2.39. The van der Waals surface area contributed by atoms with Crippen LogP contribution in [0, 0.1) is 0 Å². The highest BCUT2D eigenvalue weighted by Crippen LogP contribution is 2.26. The Labute approximate surface area is 153 Å². The third kappa shape index (κ3) is 3.78. The number of ether oxygens (including phenoxy) is 1. The van der Waals surface area contributed by atoms with Crippen LogP contribution in [0.5, 0.6) is 0 Å². The molecule has 0 radical (unpaired) electrons. The molecule has 1 aliphatic rings. The molecule has 2 N–H and O–H groups in total. The molecule has 0 saturated carbocycles. The molecule has 2 aromatic carbocycles. The largest absolute Gasteiger partial charge is 0.367 e. The second kappa shape index (κ2) is 7.70. The van der Waals surface area contributed by atoms with Crippen LogP contribution < -0.4 is 5.73 Å². The Hall–Kier alpha value is -2.66. The summed E-state index contributed by atoms with van der Waals surface area (Å²) in [7, 11) is 0. The Morgan fingerprint density at radius 2 is 1.85 bits per heavy atom. The van der Waals surface area contributed by atoms with Crippen molar-refractivity contribution in [3.8, 4) is 11.1 Å². The highest BCUT2D eigenvalue weighted by Gasteiger charge is 2.43. The topological polar surface area (TPSA) is 72.6 Å². The Morgan fingerprint density at radius 3 is 2.54 bits per heavy atom. The molecule has 1 fully saturated rings. The average molecular weight is 352 g/mol. The molecule has 1 atom stereocenters. The van der Waals surface area contributed by atoms with Gasteiger partial charge < -0.3 is 15.4 Å². The molecule has 0 spiro atoms. The van der Waals surface area contributed by atoms with Crippen LogP contribution in [0.2, 0.25) is 0 Å². The summed E-state index contributed by atoms with van der Waals surface area (Å²) in [6, 6.07) is 18.0. The molecule has 0 aromatic heterocycles. The van der Waals surface area contributed by atoms with Gasteiger partial charge >= 0.3 is 0 Å². The number of hydrogen-bond donors (Lipinski definition) is 1. The van der Waals surface area contributed by atoms with Crippen molar-refractivity contribution in [3.05, 3.63) is 60.2 Å². The maximum absolute atomic E-state index is 12.3. The van der Waals surface area contributed by atoms with Gasteiger partial charge in [0.05, 0.1) is 13.2 Å². The van der Waals surface area contributed by atoms with Crippen molar-refractivity contribution in [2.75, 3.05) is 19.7 Å². The Kier molecular flexibility index (Phi) is 5.38. The first kappa shape index (κ1) is 18.1. The monoisotopic (exact) mass is 352 g/mol. The van der Waals surface area contributed by atoms with Crippen LogP contribution in [0.4, 0.5) is 0 Å². The van der Waals surface area contributed by atoms with Crippen molar-refractivity contribution in [1.82, 2.24) is 4.90 Å². The fourth-order valence-corrected chi connectivity index (χ4v) is 3.38. The molecule has 5 nitrogen and oxygen atoms in total. The van der Waals surface area contributed by atoms with Crippen LogP contribution in [0.1, 0.15) is 18.9 Å². The zero-order chi connectivity index (χ0) is 18.6. The number of carbonyl (C=O) groups excluding carboxylic acids is 2. The van der Waals surface area contributed by atoms with Crippen LogP contribution in [0.3, 0.4) is 0 Å². The maximum Gasteiger partial charge on any atom is 0.251 e. The van der Waals surface area contributed by atoms with Crippen LogP contribution in [0.25, 0.3) is 11.1 Å². The lowest BCUT2D eigenvalue weighted by atomic mass is 9.90. The molecule has 136 valence electrons. The van der Waals surface area contributed by atoms with Crippen LogP contribution in [0.15, 0.2) is 54.6 Å². The van der Waals surface area contributed by atoms with E-state index in [9.17, 15) is 9.59 Å². The van der Waals surface area contributed by atoms with Crippen LogP contribution >= 0.6 is 0 Å². The summed E-state index contributed by atoms with van der Waals surface area (Å²) in [5.74, 6) is -0.520. The molecule has 1 aliphatic heterocycles. The number of nitrogens with two attached hydrogens (primary N) is 1. The number of benzene rings is 2. The van der Waals surface area contributed by atoms with Gasteiger partial charge in [-0.15, -0.1) is 0 Å². The lowest BCUT2D eigenvalue weighted by Crippen LogP contribution is -2.61. The van der Waals surface area contributed by atoms with E-state index in [1.807, 2.05) is 61.5 Å². The SMILES string of the molecule is CCC(=O)N1CCOC(Cc2cccc(-c3ccccc3)c2)(C(N)=O)C1. The van der Waals surface area contributed by atoms with E-state index in [1.165, 1.54) is 0 Å². The first-order valence-electron chi connectivity index (χ1n) is 8.90. The number of amides is 2. The van der Waals surface area contributed by atoms with Crippen molar-refractivity contribution < 1.29 is 14.3 Å². The number of hydrogen-bond acceptors (Lipinski definition) is 3. The zero-order valence-electron chi connectivity index (χ0n) is 15.0. The van der Waals surface area contributed by atoms with Gasteiger partial charge in [0.15, 0.2) is 5.60 Å². The summed E-state index contributed by atoms with van der Waals surface area (Å²) in [6.07, 6.45) is 0.745. The van der Waals surface area contributed by atoms with Gasteiger partial charge in [-0.1, -0.05) is 61.5 Å². The summed E-state index contributed by atoms with van der Waals surface area (Å²) >= 11 is 0. The number of morpholine rings is 1. The Bertz CT molecular complexity index is 791. The van der Waals surface area contributed by atoms with Crippen LogP contribution in [-0.2, 0) is 20.7 Å². The smallest absolute Gasteiger partial charge is 0.251 e. The zero-order valence-corrected chi connectivity index (χ0v) is 15.0. The number of rotatable bonds is 5. The quantitative estimate of drug-likeness (QED) is 0.898. The average Bonchev–Trinajstić information content (AvgIpc) is 2.68. The third-order valence-electron chi connectivity index (χ3n) is 4.81. The summed E-state index contributed by atoms with van der Waals surface area (Å²) in [4.78, 5) is 26.0. The van der Waals surface area contributed by atoms with Crippen molar-refractivity contribution >= 4 is 11.8 Å². The molecule has 0 bridgehead atoms. The van der Waals surface area contributed by atoms with E-state index in [-0.39, 0.29) is 12.5 Å². The van der Waals surface area contributed by atoms with E-state index in [4.69, 9.17) is 10.5 Å². The molecular formula is C21H24N2O3. The van der Waals surface area contributed by atoms with Crippen molar-refractivity contribution in [2.24, 2.45) is 5.73 Å². The lowest BCUT2D eigenvalue weighted by Gasteiger charge is -2.40. The number of primary amides is 1. The standard InChI is InChI=1S/C21H24N2O3/c1-2-19(24)23-11-12-26-21(15-23,20(22)25)14-16-7-6-10-18(13-16)17-8-4-3-5-9-17/h3-10,13H,2,11-12,14-15H2,1H3,(H2,22,25). The second-order valence-electron chi connectivity index (χ2n) is 6.62. The van der Waals surface area contributed by atoms with Gasteiger partial charge in [0.1, 0.15) is 0 Å². The Balaban J connectivity index is 1.87. The van der Waals surface area contributed by atoms with E-state index in [1.54, 1.807) is 4.90 Å². The van der Waals surface area contributed by atoms with Gasteiger partial charge in [-0.05, 0) is 16.7 Å². The summed E-state index contributed by atoms with van der Waals surface area (Å²) in [5.41, 5.74) is 7.65. The number of nitrogens with zero attached hydrogens (tertiary/aromatic N) is 1. The summed E-state index contributed by atoms with van der Waals surface area (Å²) in [6.45, 7) is 2.82. The van der Waals surface area contributed by atoms with E-state index in [0.29, 0.717) is 26.0 Å². The van der Waals surface area contributed by atoms with Gasteiger partial charge in [-0.3, -0.25) is 9.59 Å². The minimum atomic E-state index is -1.18. The Morgan fingerprint density at radius 1 is 1.12 bits per heavy atom. The van der Waals surface area contributed by atoms with Gasteiger partial charge in [-0.2, -0.15) is 0 Å². The summed E-state index contributed by atoms with van der Waals surface area (Å²) < 4.78 is 5.83. The van der Waals surface area contributed by atoms with Crippen molar-refractivity contribution in [3.63, 3.8) is 0 Å². The normalized spacial score (nSPS) is 20.0. The molecule has 1 heterocycles. The maximum atomic E-state index is 12.3. The van der Waals surface area contributed by atoms with Gasteiger partial charge in [0.25, 0.3) is 5.91 Å². The van der Waals surface area contributed by atoms with E-state index < -0.39 is 11.5 Å². The first-order valence-corrected chi connectivity index (χ1v) is 8.90. The third-order valence-corrected chi connectivity index (χ3v) is 4.81. The molecule has 3 rings (SSSR count). The minimum Gasteiger partial charge on any atom is -0.367 e. The van der Waals surface area contributed by atoms with Crippen molar-refractivity contribution in [2.45, 2.75) is 25.4 Å². The van der Waals surface area contributed by atoms with E-state index >= 15 is 0 Å². The van der Waals surface area contributed by atoms with E-state index in [2.05, 4.69) is 0 Å². The molecule has 2 amide bonds. The van der Waals surface area contributed by atoms with Crippen LogP contribution in [-0.4, -0.2) is 42.0 Å². The van der Waals surface area contributed by atoms with Gasteiger partial charge in [0, 0.05) is 19.4 Å². The minimum absolute atomic E-state index is 0.0111. The molecule has 1 unspecified atom stereocenters. The summed E-state index contributed by atoms with van der Waals surface area (Å²) in [5, 5.41) is 0. The van der Waals surface area contributed by atoms with E-state index in [0.717, 1.165) is 16.7 Å². The fraction of sp³-hybridized carbons (Fsp3) is 0.333. The predicted molar refractivity (Wildman–Crippen MR) is 100 cm³/mol. The highest BCUT2D eigenvalue weighted by molar-refractivity contribution is 5.86. The highest BCUT2D eigenvalue weighted by atomic mass is 16.5. The second-order valence-corrected chi connectivity index (χ2v) is 6.62.